The number of alkyl halides is 3. The van der Waals surface area contributed by atoms with Crippen LogP contribution in [-0.4, -0.2) is 14.5 Å². The van der Waals surface area contributed by atoms with E-state index in [0.717, 1.165) is 10.1 Å². The van der Waals surface area contributed by atoms with Crippen LogP contribution >= 0.6 is 0 Å². The van der Waals surface area contributed by atoms with Gasteiger partial charge >= 0.3 is 6.18 Å². The first-order valence-corrected chi connectivity index (χ1v) is 7.54. The number of para-hydroxylation sites is 2. The van der Waals surface area contributed by atoms with E-state index in [4.69, 9.17) is 4.42 Å². The topological polar surface area (TPSA) is 43.9 Å². The minimum atomic E-state index is -4.55. The average molecular weight is 343 g/mol. The summed E-state index contributed by atoms with van der Waals surface area (Å²) in [4.78, 5) is 8.03. The normalized spacial score (nSPS) is 12.0. The van der Waals surface area contributed by atoms with Gasteiger partial charge in [-0.25, -0.2) is 9.97 Å². The average Bonchev–Trinajstić information content (AvgIpc) is 3.21. The zero-order chi connectivity index (χ0) is 17.4. The Morgan fingerprint density at radius 2 is 1.64 bits per heavy atom. The molecule has 0 atom stereocenters. The number of fused-ring (bicyclic) bond motifs is 1. The van der Waals surface area contributed by atoms with E-state index in [9.17, 15) is 13.2 Å². The lowest BCUT2D eigenvalue weighted by Gasteiger charge is -2.09. The summed E-state index contributed by atoms with van der Waals surface area (Å²) in [6.45, 7) is -0.0777. The van der Waals surface area contributed by atoms with Gasteiger partial charge < -0.3 is 8.98 Å². The number of hydrogen-bond donors (Lipinski definition) is 0. The summed E-state index contributed by atoms with van der Waals surface area (Å²) in [6, 6.07) is 15.7. The molecule has 25 heavy (non-hydrogen) atoms. The monoisotopic (exact) mass is 343 g/mol. The maximum Gasteiger partial charge on any atom is 0.449 e. The molecule has 0 fully saturated rings. The zero-order valence-corrected chi connectivity index (χ0v) is 12.9. The van der Waals surface area contributed by atoms with E-state index in [1.165, 1.54) is 6.26 Å². The number of benzene rings is 2. The lowest BCUT2D eigenvalue weighted by Crippen LogP contribution is -2.15. The van der Waals surface area contributed by atoms with Crippen molar-refractivity contribution in [1.82, 2.24) is 14.5 Å². The highest BCUT2D eigenvalue weighted by atomic mass is 19.4. The first-order valence-electron chi connectivity index (χ1n) is 7.54. The van der Waals surface area contributed by atoms with E-state index in [1.54, 1.807) is 24.3 Å². The van der Waals surface area contributed by atoms with Crippen molar-refractivity contribution < 1.29 is 17.6 Å². The molecule has 0 aliphatic heterocycles. The number of hydrogen-bond acceptors (Lipinski definition) is 3. The van der Waals surface area contributed by atoms with Gasteiger partial charge in [0.2, 0.25) is 11.7 Å². The molecule has 0 N–H and O–H groups in total. The molecule has 0 saturated heterocycles. The van der Waals surface area contributed by atoms with Crippen LogP contribution in [0.2, 0.25) is 0 Å². The van der Waals surface area contributed by atoms with Gasteiger partial charge in [0.05, 0.1) is 23.3 Å². The summed E-state index contributed by atoms with van der Waals surface area (Å²) in [6.07, 6.45) is -3.18. The molecule has 0 saturated carbocycles. The molecule has 4 aromatic rings. The summed E-state index contributed by atoms with van der Waals surface area (Å²) in [5.41, 5.74) is 1.86. The third-order valence-corrected chi connectivity index (χ3v) is 3.80. The zero-order valence-electron chi connectivity index (χ0n) is 12.9. The standard InChI is InChI=1S/C18H12F3N3O/c19-18(20,21)17-23-14-8-4-5-9-15(14)24(17)10-13-11-25-16(22-13)12-6-2-1-3-7-12/h1-9,11H,10H2. The molecule has 4 nitrogen and oxygen atoms in total. The van der Waals surface area contributed by atoms with E-state index in [0.29, 0.717) is 22.6 Å². The number of halogens is 3. The first kappa shape index (κ1) is 15.4. The molecule has 0 radical (unpaired) electrons. The van der Waals surface area contributed by atoms with Crippen LogP contribution in [0.1, 0.15) is 11.5 Å². The van der Waals surface area contributed by atoms with Crippen molar-refractivity contribution in [2.24, 2.45) is 0 Å². The van der Waals surface area contributed by atoms with Crippen molar-refractivity contribution in [1.29, 1.82) is 0 Å². The molecule has 0 aliphatic rings. The fraction of sp³-hybridized carbons (Fsp3) is 0.111. The van der Waals surface area contributed by atoms with Crippen LogP contribution in [0.5, 0.6) is 0 Å². The van der Waals surface area contributed by atoms with Crippen molar-refractivity contribution in [2.75, 3.05) is 0 Å². The Bertz CT molecular complexity index is 1020. The second-order valence-electron chi connectivity index (χ2n) is 5.52. The van der Waals surface area contributed by atoms with Crippen LogP contribution in [-0.2, 0) is 12.7 Å². The summed E-state index contributed by atoms with van der Waals surface area (Å²) in [5.74, 6) is -0.577. The minimum Gasteiger partial charge on any atom is -0.444 e. The van der Waals surface area contributed by atoms with Crippen molar-refractivity contribution in [3.63, 3.8) is 0 Å². The molecular weight excluding hydrogens is 331 g/mol. The van der Waals surface area contributed by atoms with Crippen LogP contribution in [0, 0.1) is 0 Å². The predicted octanol–water partition coefficient (Wildman–Crippen LogP) is 4.76. The summed E-state index contributed by atoms with van der Waals surface area (Å²) in [7, 11) is 0. The van der Waals surface area contributed by atoms with Gasteiger partial charge in [-0.05, 0) is 24.3 Å². The lowest BCUT2D eigenvalue weighted by molar-refractivity contribution is -0.146. The molecule has 2 aromatic carbocycles. The number of imidazole rings is 1. The third kappa shape index (κ3) is 2.88. The highest BCUT2D eigenvalue weighted by molar-refractivity contribution is 5.76. The van der Waals surface area contributed by atoms with E-state index in [2.05, 4.69) is 9.97 Å². The van der Waals surface area contributed by atoms with Crippen molar-refractivity contribution in [3.8, 4) is 11.5 Å². The van der Waals surface area contributed by atoms with E-state index >= 15 is 0 Å². The van der Waals surface area contributed by atoms with Crippen molar-refractivity contribution >= 4 is 11.0 Å². The van der Waals surface area contributed by atoms with Gasteiger partial charge in [-0.1, -0.05) is 30.3 Å². The fourth-order valence-electron chi connectivity index (χ4n) is 2.71. The lowest BCUT2D eigenvalue weighted by atomic mass is 10.2. The molecule has 0 aliphatic carbocycles. The van der Waals surface area contributed by atoms with Gasteiger partial charge in [-0.15, -0.1) is 0 Å². The molecule has 0 unspecified atom stereocenters. The molecular formula is C18H12F3N3O. The van der Waals surface area contributed by atoms with Crippen molar-refractivity contribution in [3.05, 3.63) is 72.4 Å². The van der Waals surface area contributed by atoms with Gasteiger partial charge in [0, 0.05) is 5.56 Å². The number of oxazole rings is 1. The summed E-state index contributed by atoms with van der Waals surface area (Å²) in [5, 5.41) is 0. The molecule has 2 aromatic heterocycles. The van der Waals surface area contributed by atoms with Crippen LogP contribution in [0.3, 0.4) is 0 Å². The summed E-state index contributed by atoms with van der Waals surface area (Å²) < 4.78 is 46.5. The highest BCUT2D eigenvalue weighted by Crippen LogP contribution is 2.32. The fourth-order valence-corrected chi connectivity index (χ4v) is 2.71. The Labute approximate surface area is 140 Å². The van der Waals surface area contributed by atoms with E-state index in [1.807, 2.05) is 30.3 Å². The molecule has 0 amide bonds. The van der Waals surface area contributed by atoms with Crippen LogP contribution < -0.4 is 0 Å². The Balaban J connectivity index is 1.75. The third-order valence-electron chi connectivity index (χ3n) is 3.80. The second kappa shape index (κ2) is 5.77. The number of nitrogens with zero attached hydrogens (tertiary/aromatic N) is 3. The molecule has 2 heterocycles. The van der Waals surface area contributed by atoms with E-state index in [-0.39, 0.29) is 6.54 Å². The molecule has 0 spiro atoms. The molecule has 7 heteroatoms. The predicted molar refractivity (Wildman–Crippen MR) is 85.8 cm³/mol. The Hall–Kier alpha value is -3.09. The molecule has 4 rings (SSSR count). The minimum absolute atomic E-state index is 0.0777. The van der Waals surface area contributed by atoms with Crippen LogP contribution in [0.15, 0.2) is 65.3 Å². The maximum atomic E-state index is 13.3. The van der Waals surface area contributed by atoms with Gasteiger partial charge in [0.1, 0.15) is 6.26 Å². The van der Waals surface area contributed by atoms with Gasteiger partial charge in [-0.2, -0.15) is 13.2 Å². The van der Waals surface area contributed by atoms with Crippen LogP contribution in [0.4, 0.5) is 13.2 Å². The quantitative estimate of drug-likeness (QED) is 0.539. The highest BCUT2D eigenvalue weighted by Gasteiger charge is 2.37. The van der Waals surface area contributed by atoms with Gasteiger partial charge in [0.25, 0.3) is 0 Å². The Morgan fingerprint density at radius 1 is 0.920 bits per heavy atom. The maximum absolute atomic E-state index is 13.3. The number of aromatic nitrogens is 3. The SMILES string of the molecule is FC(F)(F)c1nc2ccccc2n1Cc1coc(-c2ccccc2)n1. The number of rotatable bonds is 3. The smallest absolute Gasteiger partial charge is 0.444 e. The first-order chi connectivity index (χ1) is 12.0. The van der Waals surface area contributed by atoms with Gasteiger partial charge in [0.15, 0.2) is 0 Å². The molecule has 126 valence electrons. The summed E-state index contributed by atoms with van der Waals surface area (Å²) >= 11 is 0. The van der Waals surface area contributed by atoms with Gasteiger partial charge in [-0.3, -0.25) is 0 Å². The second-order valence-corrected chi connectivity index (χ2v) is 5.52. The largest absolute Gasteiger partial charge is 0.449 e. The van der Waals surface area contributed by atoms with Crippen LogP contribution in [0.25, 0.3) is 22.5 Å². The Kier molecular flexibility index (Phi) is 3.56. The molecule has 0 bridgehead atoms. The van der Waals surface area contributed by atoms with Crippen molar-refractivity contribution in [2.45, 2.75) is 12.7 Å². The van der Waals surface area contributed by atoms with E-state index < -0.39 is 12.0 Å². The Morgan fingerprint density at radius 3 is 2.40 bits per heavy atom.